The minimum Gasteiger partial charge on any atom is -0.492 e. The van der Waals surface area contributed by atoms with Gasteiger partial charge in [-0.05, 0) is 36.4 Å². The Balaban J connectivity index is 1.53. The second-order valence-electron chi connectivity index (χ2n) is 6.39. The first-order valence-electron chi connectivity index (χ1n) is 8.75. The Morgan fingerprint density at radius 1 is 1.24 bits per heavy atom. The van der Waals surface area contributed by atoms with Gasteiger partial charge >= 0.3 is 5.69 Å². The quantitative estimate of drug-likeness (QED) is 0.433. The number of hydrogen-bond acceptors (Lipinski definition) is 5. The Bertz CT molecular complexity index is 936. The maximum atomic E-state index is 13.5. The highest BCUT2D eigenvalue weighted by atomic mass is 19.1. The summed E-state index contributed by atoms with van der Waals surface area (Å²) in [6.45, 7) is 0.376. The molecular formula is C19H17F2N3O5. The number of carbonyl (C=O) groups is 2. The fraction of sp³-hybridized carbons (Fsp3) is 0.263. The van der Waals surface area contributed by atoms with Gasteiger partial charge in [-0.1, -0.05) is 0 Å². The number of benzene rings is 2. The minimum atomic E-state index is -0.999. The average molecular weight is 405 g/mol. The highest BCUT2D eigenvalue weighted by molar-refractivity contribution is 6.00. The smallest absolute Gasteiger partial charge is 0.306 e. The highest BCUT2D eigenvalue weighted by Gasteiger charge is 2.35. The van der Waals surface area contributed by atoms with Crippen LogP contribution in [0.2, 0.25) is 0 Å². The summed E-state index contributed by atoms with van der Waals surface area (Å²) in [5.74, 6) is -2.31. The lowest BCUT2D eigenvalue weighted by Gasteiger charge is -2.16. The Hall–Kier alpha value is -3.56. The first kappa shape index (κ1) is 20.2. The van der Waals surface area contributed by atoms with Gasteiger partial charge in [-0.25, -0.2) is 4.39 Å². The summed E-state index contributed by atoms with van der Waals surface area (Å²) >= 11 is 0. The van der Waals surface area contributed by atoms with Gasteiger partial charge in [0.25, 0.3) is 0 Å². The standard InChI is InChI=1S/C19H17F2N3O5/c20-13-1-4-15(5-2-13)29-8-7-22-19(26)12-9-18(25)23(11-12)14-3-6-16(21)17(10-14)24(27)28/h1-6,10,12H,7-9,11H2,(H,22,26). The van der Waals surface area contributed by atoms with Crippen molar-refractivity contribution in [2.45, 2.75) is 6.42 Å². The molecule has 0 radical (unpaired) electrons. The number of nitrogens with one attached hydrogen (secondary N) is 1. The molecule has 1 aliphatic rings. The van der Waals surface area contributed by atoms with E-state index in [0.29, 0.717) is 5.75 Å². The van der Waals surface area contributed by atoms with E-state index >= 15 is 0 Å². The molecule has 2 amide bonds. The van der Waals surface area contributed by atoms with Crippen molar-refractivity contribution in [3.8, 4) is 5.75 Å². The molecule has 0 aromatic heterocycles. The van der Waals surface area contributed by atoms with Crippen molar-refractivity contribution < 1.29 is 28.0 Å². The molecule has 0 bridgehead atoms. The number of hydrogen-bond donors (Lipinski definition) is 1. The Morgan fingerprint density at radius 3 is 2.66 bits per heavy atom. The van der Waals surface area contributed by atoms with Crippen molar-refractivity contribution in [3.63, 3.8) is 0 Å². The SMILES string of the molecule is O=C(NCCOc1ccc(F)cc1)C1CC(=O)N(c2ccc(F)c([N+](=O)[O-])c2)C1. The van der Waals surface area contributed by atoms with Crippen LogP contribution in [0.15, 0.2) is 42.5 Å². The molecule has 3 rings (SSSR count). The van der Waals surface area contributed by atoms with Crippen molar-refractivity contribution in [3.05, 3.63) is 64.2 Å². The van der Waals surface area contributed by atoms with Gasteiger partial charge in [-0.3, -0.25) is 19.7 Å². The maximum absolute atomic E-state index is 13.5. The second kappa shape index (κ2) is 8.63. The Kier molecular flexibility index (Phi) is 6.01. The third-order valence-corrected chi connectivity index (χ3v) is 4.42. The summed E-state index contributed by atoms with van der Waals surface area (Å²) in [6, 6.07) is 8.60. The van der Waals surface area contributed by atoms with Gasteiger partial charge in [-0.2, -0.15) is 4.39 Å². The average Bonchev–Trinajstić information content (AvgIpc) is 3.08. The van der Waals surface area contributed by atoms with Gasteiger partial charge in [0.1, 0.15) is 18.2 Å². The lowest BCUT2D eigenvalue weighted by Crippen LogP contribution is -2.35. The summed E-state index contributed by atoms with van der Waals surface area (Å²) < 4.78 is 31.7. The number of ether oxygens (including phenoxy) is 1. The van der Waals surface area contributed by atoms with Crippen LogP contribution in [-0.4, -0.2) is 36.4 Å². The van der Waals surface area contributed by atoms with Crippen LogP contribution in [0.25, 0.3) is 0 Å². The maximum Gasteiger partial charge on any atom is 0.306 e. The predicted octanol–water partition coefficient (Wildman–Crippen LogP) is 2.42. The lowest BCUT2D eigenvalue weighted by atomic mass is 10.1. The van der Waals surface area contributed by atoms with E-state index in [1.165, 1.54) is 35.2 Å². The van der Waals surface area contributed by atoms with Gasteiger partial charge in [-0.15, -0.1) is 0 Å². The van der Waals surface area contributed by atoms with Crippen LogP contribution < -0.4 is 15.0 Å². The molecule has 1 saturated heterocycles. The zero-order chi connectivity index (χ0) is 21.0. The lowest BCUT2D eigenvalue weighted by molar-refractivity contribution is -0.387. The molecule has 29 heavy (non-hydrogen) atoms. The fourth-order valence-corrected chi connectivity index (χ4v) is 2.96. The van der Waals surface area contributed by atoms with E-state index in [-0.39, 0.29) is 49.4 Å². The second-order valence-corrected chi connectivity index (χ2v) is 6.39. The van der Waals surface area contributed by atoms with Gasteiger partial charge in [0.2, 0.25) is 17.6 Å². The molecule has 2 aromatic carbocycles. The number of rotatable bonds is 7. The summed E-state index contributed by atoms with van der Waals surface area (Å²) in [5, 5.41) is 13.5. The van der Waals surface area contributed by atoms with Crippen molar-refractivity contribution in [2.24, 2.45) is 5.92 Å². The first-order valence-corrected chi connectivity index (χ1v) is 8.75. The predicted molar refractivity (Wildman–Crippen MR) is 98.4 cm³/mol. The summed E-state index contributed by atoms with van der Waals surface area (Å²) in [6.07, 6.45) is -0.0597. The molecule has 1 aliphatic heterocycles. The number of amides is 2. The molecule has 1 unspecified atom stereocenters. The third kappa shape index (κ3) is 4.84. The van der Waals surface area contributed by atoms with Crippen LogP contribution in [0.1, 0.15) is 6.42 Å². The van der Waals surface area contributed by atoms with Crippen molar-refractivity contribution in [1.82, 2.24) is 5.32 Å². The molecule has 1 N–H and O–H groups in total. The van der Waals surface area contributed by atoms with E-state index in [2.05, 4.69) is 5.32 Å². The topological polar surface area (TPSA) is 102 Å². The molecule has 1 atom stereocenters. The number of halogens is 2. The van der Waals surface area contributed by atoms with Crippen LogP contribution in [0.3, 0.4) is 0 Å². The van der Waals surface area contributed by atoms with E-state index in [1.54, 1.807) is 0 Å². The van der Waals surface area contributed by atoms with Crippen LogP contribution >= 0.6 is 0 Å². The Labute approximate surface area is 164 Å². The largest absolute Gasteiger partial charge is 0.492 e. The van der Waals surface area contributed by atoms with Crippen molar-refractivity contribution in [2.75, 3.05) is 24.6 Å². The minimum absolute atomic E-state index is 0.0340. The summed E-state index contributed by atoms with van der Waals surface area (Å²) in [4.78, 5) is 35.7. The molecule has 1 heterocycles. The third-order valence-electron chi connectivity index (χ3n) is 4.42. The first-order chi connectivity index (χ1) is 13.8. The summed E-state index contributed by atoms with van der Waals surface area (Å²) in [5.41, 5.74) is -0.570. The normalized spacial score (nSPS) is 16.0. The molecular weight excluding hydrogens is 388 g/mol. The zero-order valence-electron chi connectivity index (χ0n) is 15.1. The number of nitro groups is 1. The fourth-order valence-electron chi connectivity index (χ4n) is 2.96. The molecule has 1 fully saturated rings. The van der Waals surface area contributed by atoms with Gasteiger partial charge < -0.3 is 15.0 Å². The molecule has 0 spiro atoms. The molecule has 2 aromatic rings. The van der Waals surface area contributed by atoms with Crippen molar-refractivity contribution in [1.29, 1.82) is 0 Å². The van der Waals surface area contributed by atoms with E-state index in [4.69, 9.17) is 4.74 Å². The van der Waals surface area contributed by atoms with E-state index < -0.39 is 22.3 Å². The molecule has 152 valence electrons. The number of nitro benzene ring substituents is 1. The van der Waals surface area contributed by atoms with Crippen LogP contribution in [0.5, 0.6) is 5.75 Å². The van der Waals surface area contributed by atoms with E-state index in [0.717, 1.165) is 12.1 Å². The molecule has 10 heteroatoms. The Morgan fingerprint density at radius 2 is 1.97 bits per heavy atom. The number of nitrogens with zero attached hydrogens (tertiary/aromatic N) is 2. The van der Waals surface area contributed by atoms with Crippen molar-refractivity contribution >= 4 is 23.2 Å². The highest BCUT2D eigenvalue weighted by Crippen LogP contribution is 2.29. The van der Waals surface area contributed by atoms with Gasteiger partial charge in [0, 0.05) is 19.0 Å². The zero-order valence-corrected chi connectivity index (χ0v) is 15.1. The van der Waals surface area contributed by atoms with Crippen LogP contribution in [-0.2, 0) is 9.59 Å². The molecule has 0 saturated carbocycles. The monoisotopic (exact) mass is 405 g/mol. The van der Waals surface area contributed by atoms with E-state index in [9.17, 15) is 28.5 Å². The summed E-state index contributed by atoms with van der Waals surface area (Å²) in [7, 11) is 0. The van der Waals surface area contributed by atoms with Crippen LogP contribution in [0.4, 0.5) is 20.2 Å². The van der Waals surface area contributed by atoms with E-state index in [1.807, 2.05) is 0 Å². The van der Waals surface area contributed by atoms with Crippen LogP contribution in [0, 0.1) is 27.7 Å². The van der Waals surface area contributed by atoms with Gasteiger partial charge in [0.15, 0.2) is 0 Å². The molecule has 0 aliphatic carbocycles. The molecule has 8 nitrogen and oxygen atoms in total. The number of anilines is 1. The number of carbonyl (C=O) groups excluding carboxylic acids is 2. The van der Waals surface area contributed by atoms with Gasteiger partial charge in [0.05, 0.1) is 23.1 Å².